The van der Waals surface area contributed by atoms with E-state index in [2.05, 4.69) is 16.0 Å². The number of fused-ring (bicyclic) bond motifs is 2. The Balaban J connectivity index is 1.93. The summed E-state index contributed by atoms with van der Waals surface area (Å²) >= 11 is 0. The molecule has 2 saturated heterocycles. The molecule has 0 aliphatic carbocycles. The Morgan fingerprint density at radius 3 is 2.56 bits per heavy atom. The first kappa shape index (κ1) is 10.1. The van der Waals surface area contributed by atoms with E-state index in [9.17, 15) is 5.11 Å². The lowest BCUT2D eigenvalue weighted by molar-refractivity contribution is 0.0940. The predicted octanol–water partition coefficient (Wildman–Crippen LogP) is 1.91. The molecule has 3 heterocycles. The number of piperidine rings is 2. The summed E-state index contributed by atoms with van der Waals surface area (Å²) in [5.41, 5.74) is 1.63. The molecule has 0 saturated carbocycles. The highest BCUT2D eigenvalue weighted by Gasteiger charge is 2.39. The van der Waals surface area contributed by atoms with Gasteiger partial charge in [-0.1, -0.05) is 6.07 Å². The van der Waals surface area contributed by atoms with Crippen molar-refractivity contribution >= 4 is 0 Å². The lowest BCUT2D eigenvalue weighted by Gasteiger charge is -2.47. The highest BCUT2D eigenvalue weighted by molar-refractivity contribution is 5.27. The average molecular weight is 218 g/mol. The fraction of sp³-hybridized carbons (Fsp3) is 0.615. The maximum absolute atomic E-state index is 9.26. The van der Waals surface area contributed by atoms with Crippen molar-refractivity contribution in [3.63, 3.8) is 0 Å². The molecule has 1 aromatic rings. The Morgan fingerprint density at radius 2 is 1.94 bits per heavy atom. The van der Waals surface area contributed by atoms with Crippen LogP contribution in [0.25, 0.3) is 0 Å². The van der Waals surface area contributed by atoms with Crippen LogP contribution in [-0.2, 0) is 5.41 Å². The zero-order valence-corrected chi connectivity index (χ0v) is 9.52. The predicted molar refractivity (Wildman–Crippen MR) is 62.5 cm³/mol. The van der Waals surface area contributed by atoms with Gasteiger partial charge < -0.3 is 10.0 Å². The maximum atomic E-state index is 9.26. The first-order chi connectivity index (χ1) is 7.78. The minimum Gasteiger partial charge on any atom is -0.493 e. The number of aromatic nitrogens is 1. The third-order valence-electron chi connectivity index (χ3n) is 4.15. The van der Waals surface area contributed by atoms with E-state index in [1.807, 2.05) is 6.20 Å². The van der Waals surface area contributed by atoms with Crippen LogP contribution in [0.3, 0.4) is 0 Å². The minimum absolute atomic E-state index is 0.128. The second-order valence-corrected chi connectivity index (χ2v) is 5.17. The van der Waals surface area contributed by atoms with E-state index in [-0.39, 0.29) is 5.88 Å². The summed E-state index contributed by atoms with van der Waals surface area (Å²) < 4.78 is 0. The van der Waals surface area contributed by atoms with Crippen LogP contribution in [0, 0.1) is 0 Å². The molecule has 1 N–H and O–H groups in total. The van der Waals surface area contributed by atoms with Gasteiger partial charge in [0.15, 0.2) is 0 Å². The third-order valence-corrected chi connectivity index (χ3v) is 4.15. The molecule has 16 heavy (non-hydrogen) atoms. The van der Waals surface area contributed by atoms with E-state index in [1.165, 1.54) is 50.9 Å². The lowest BCUT2D eigenvalue weighted by atomic mass is 9.69. The van der Waals surface area contributed by atoms with E-state index >= 15 is 0 Å². The molecule has 2 aliphatic rings. The molecule has 0 radical (unpaired) electrons. The highest BCUT2D eigenvalue weighted by atomic mass is 16.3. The standard InChI is InChI=1S/C13H18N2O/c16-12-4-3-11(9-14-12)13-5-1-7-15(10-13)8-2-6-13/h3-4,9H,1-2,5-8,10H2,(H,14,16). The first-order valence-electron chi connectivity index (χ1n) is 6.16. The molecular weight excluding hydrogens is 200 g/mol. The third kappa shape index (κ3) is 1.59. The normalized spacial score (nSPS) is 33.6. The number of aromatic hydroxyl groups is 1. The molecule has 3 rings (SSSR count). The van der Waals surface area contributed by atoms with Gasteiger partial charge in [0, 0.05) is 24.2 Å². The molecule has 0 amide bonds. The fourth-order valence-electron chi connectivity index (χ4n) is 3.34. The zero-order chi connectivity index (χ0) is 11.0. The second kappa shape index (κ2) is 3.74. The van der Waals surface area contributed by atoms with E-state index in [0.29, 0.717) is 5.41 Å². The molecule has 86 valence electrons. The largest absolute Gasteiger partial charge is 0.493 e. The molecule has 3 nitrogen and oxygen atoms in total. The minimum atomic E-state index is 0.128. The molecule has 3 heteroatoms. The smallest absolute Gasteiger partial charge is 0.210 e. The molecule has 2 aliphatic heterocycles. The van der Waals surface area contributed by atoms with Crippen molar-refractivity contribution in [3.05, 3.63) is 23.9 Å². The monoisotopic (exact) mass is 218 g/mol. The van der Waals surface area contributed by atoms with Crippen LogP contribution in [0.15, 0.2) is 18.3 Å². The van der Waals surface area contributed by atoms with Crippen molar-refractivity contribution in [2.24, 2.45) is 0 Å². The van der Waals surface area contributed by atoms with Crippen molar-refractivity contribution < 1.29 is 5.11 Å². The quantitative estimate of drug-likeness (QED) is 0.782. The second-order valence-electron chi connectivity index (χ2n) is 5.17. The van der Waals surface area contributed by atoms with E-state index in [4.69, 9.17) is 0 Å². The molecule has 2 bridgehead atoms. The van der Waals surface area contributed by atoms with Gasteiger partial charge in [-0.2, -0.15) is 0 Å². The van der Waals surface area contributed by atoms with Crippen molar-refractivity contribution in [1.29, 1.82) is 0 Å². The molecular formula is C13H18N2O. The van der Waals surface area contributed by atoms with Gasteiger partial charge >= 0.3 is 0 Å². The lowest BCUT2D eigenvalue weighted by Crippen LogP contribution is -2.50. The van der Waals surface area contributed by atoms with Crippen molar-refractivity contribution in [2.45, 2.75) is 31.1 Å². The summed E-state index contributed by atoms with van der Waals surface area (Å²) in [7, 11) is 0. The van der Waals surface area contributed by atoms with Gasteiger partial charge in [-0.05, 0) is 44.3 Å². The number of nitrogens with zero attached hydrogens (tertiary/aromatic N) is 2. The van der Waals surface area contributed by atoms with Crippen molar-refractivity contribution in [2.75, 3.05) is 19.6 Å². The van der Waals surface area contributed by atoms with Crippen LogP contribution in [-0.4, -0.2) is 34.6 Å². The van der Waals surface area contributed by atoms with Crippen LogP contribution in [0.4, 0.5) is 0 Å². The zero-order valence-electron chi connectivity index (χ0n) is 9.52. The number of rotatable bonds is 1. The molecule has 0 atom stereocenters. The summed E-state index contributed by atoms with van der Waals surface area (Å²) in [5.74, 6) is 0.128. The van der Waals surface area contributed by atoms with E-state index in [1.54, 1.807) is 6.07 Å². The van der Waals surface area contributed by atoms with Crippen LogP contribution in [0.1, 0.15) is 31.2 Å². The fourth-order valence-corrected chi connectivity index (χ4v) is 3.34. The van der Waals surface area contributed by atoms with E-state index < -0.39 is 0 Å². The molecule has 0 aromatic carbocycles. The Bertz CT molecular complexity index is 364. The van der Waals surface area contributed by atoms with Crippen LogP contribution < -0.4 is 0 Å². The summed E-state index contributed by atoms with van der Waals surface area (Å²) in [6.07, 6.45) is 7.00. The molecule has 1 aromatic heterocycles. The molecule has 0 unspecified atom stereocenters. The number of hydrogen-bond donors (Lipinski definition) is 1. The summed E-state index contributed by atoms with van der Waals surface area (Å²) in [6.45, 7) is 3.69. The molecule has 0 spiro atoms. The van der Waals surface area contributed by atoms with Crippen LogP contribution in [0.5, 0.6) is 5.88 Å². The Kier molecular flexibility index (Phi) is 2.36. The van der Waals surface area contributed by atoms with Gasteiger partial charge in [-0.25, -0.2) is 4.98 Å². The van der Waals surface area contributed by atoms with Crippen molar-refractivity contribution in [1.82, 2.24) is 9.88 Å². The topological polar surface area (TPSA) is 36.4 Å². The molecule has 2 fully saturated rings. The first-order valence-corrected chi connectivity index (χ1v) is 6.16. The Hall–Kier alpha value is -1.09. The average Bonchev–Trinajstić information content (AvgIpc) is 2.30. The Labute approximate surface area is 96.1 Å². The van der Waals surface area contributed by atoms with Gasteiger partial charge in [-0.3, -0.25) is 0 Å². The maximum Gasteiger partial charge on any atom is 0.210 e. The van der Waals surface area contributed by atoms with Gasteiger partial charge in [0.25, 0.3) is 0 Å². The highest BCUT2D eigenvalue weighted by Crippen LogP contribution is 2.41. The van der Waals surface area contributed by atoms with Gasteiger partial charge in [-0.15, -0.1) is 0 Å². The van der Waals surface area contributed by atoms with Crippen LogP contribution in [0.2, 0.25) is 0 Å². The van der Waals surface area contributed by atoms with Crippen molar-refractivity contribution in [3.8, 4) is 5.88 Å². The van der Waals surface area contributed by atoms with E-state index in [0.717, 1.165) is 0 Å². The summed E-state index contributed by atoms with van der Waals surface area (Å²) in [5, 5.41) is 9.26. The summed E-state index contributed by atoms with van der Waals surface area (Å²) in [4.78, 5) is 6.60. The SMILES string of the molecule is Oc1ccc(C23CCCN(CCC2)C3)cn1. The number of hydrogen-bond acceptors (Lipinski definition) is 3. The van der Waals surface area contributed by atoms with Gasteiger partial charge in [0.05, 0.1) is 0 Å². The number of pyridine rings is 1. The summed E-state index contributed by atoms with van der Waals surface area (Å²) in [6, 6.07) is 3.77. The van der Waals surface area contributed by atoms with Gasteiger partial charge in [0.2, 0.25) is 5.88 Å². The van der Waals surface area contributed by atoms with Crippen LogP contribution >= 0.6 is 0 Å². The van der Waals surface area contributed by atoms with Gasteiger partial charge in [0.1, 0.15) is 0 Å². The Morgan fingerprint density at radius 1 is 1.19 bits per heavy atom.